The molecular formula is C17H22N2S. The van der Waals surface area contributed by atoms with Crippen LogP contribution in [0.3, 0.4) is 0 Å². The van der Waals surface area contributed by atoms with Gasteiger partial charge in [0.25, 0.3) is 0 Å². The van der Waals surface area contributed by atoms with Crippen LogP contribution in [0.2, 0.25) is 0 Å². The molecule has 2 nitrogen and oxygen atoms in total. The SMILES string of the molecule is CC12CCC(CC1=NNC(=S)c1ccccc1)C2(C)C. The van der Waals surface area contributed by atoms with E-state index in [1.807, 2.05) is 30.3 Å². The van der Waals surface area contributed by atoms with E-state index in [-0.39, 0.29) is 5.41 Å². The van der Waals surface area contributed by atoms with Crippen molar-refractivity contribution in [2.75, 3.05) is 0 Å². The van der Waals surface area contributed by atoms with Gasteiger partial charge in [-0.05, 0) is 30.6 Å². The molecule has 0 amide bonds. The first-order chi connectivity index (χ1) is 9.45. The van der Waals surface area contributed by atoms with Crippen LogP contribution < -0.4 is 5.43 Å². The molecule has 1 aromatic rings. The predicted octanol–water partition coefficient (Wildman–Crippen LogP) is 4.15. The number of benzene rings is 1. The lowest BCUT2D eigenvalue weighted by Gasteiger charge is -2.34. The molecule has 2 unspecified atom stereocenters. The Kier molecular flexibility index (Phi) is 3.20. The van der Waals surface area contributed by atoms with Crippen LogP contribution in [0.5, 0.6) is 0 Å². The average Bonchev–Trinajstić information content (AvgIpc) is 2.78. The molecule has 2 saturated carbocycles. The molecule has 2 aliphatic carbocycles. The van der Waals surface area contributed by atoms with Crippen LogP contribution in [0.4, 0.5) is 0 Å². The zero-order valence-electron chi connectivity index (χ0n) is 12.4. The van der Waals surface area contributed by atoms with Gasteiger partial charge < -0.3 is 0 Å². The fourth-order valence-corrected chi connectivity index (χ4v) is 4.05. The molecule has 0 spiro atoms. The summed E-state index contributed by atoms with van der Waals surface area (Å²) in [5.74, 6) is 0.776. The van der Waals surface area contributed by atoms with Crippen LogP contribution in [0.25, 0.3) is 0 Å². The van der Waals surface area contributed by atoms with Crippen molar-refractivity contribution in [3.05, 3.63) is 35.9 Å². The quantitative estimate of drug-likeness (QED) is 0.652. The summed E-state index contributed by atoms with van der Waals surface area (Å²) in [5.41, 5.74) is 6.03. The highest BCUT2D eigenvalue weighted by molar-refractivity contribution is 7.80. The number of hydrogen-bond acceptors (Lipinski definition) is 2. The van der Waals surface area contributed by atoms with E-state index in [2.05, 4.69) is 31.3 Å². The molecule has 0 saturated heterocycles. The summed E-state index contributed by atoms with van der Waals surface area (Å²) in [6.07, 6.45) is 3.71. The van der Waals surface area contributed by atoms with Gasteiger partial charge >= 0.3 is 0 Å². The van der Waals surface area contributed by atoms with Gasteiger partial charge in [-0.3, -0.25) is 5.43 Å². The maximum atomic E-state index is 5.42. The summed E-state index contributed by atoms with van der Waals surface area (Å²) < 4.78 is 0. The zero-order chi connectivity index (χ0) is 14.4. The van der Waals surface area contributed by atoms with Gasteiger partial charge in [0.05, 0.1) is 0 Å². The first kappa shape index (κ1) is 13.7. The van der Waals surface area contributed by atoms with Gasteiger partial charge in [-0.1, -0.05) is 63.3 Å². The lowest BCUT2D eigenvalue weighted by atomic mass is 9.70. The maximum absolute atomic E-state index is 5.42. The monoisotopic (exact) mass is 286 g/mol. The average molecular weight is 286 g/mol. The number of hydrogen-bond donors (Lipinski definition) is 1. The van der Waals surface area contributed by atoms with Crippen LogP contribution in [0.15, 0.2) is 35.4 Å². The molecule has 0 heterocycles. The van der Waals surface area contributed by atoms with Crippen molar-refractivity contribution in [1.29, 1.82) is 0 Å². The molecule has 2 fully saturated rings. The lowest BCUT2D eigenvalue weighted by molar-refractivity contribution is 0.193. The van der Waals surface area contributed by atoms with Gasteiger partial charge in [0, 0.05) is 16.7 Å². The molecule has 2 aliphatic rings. The summed E-state index contributed by atoms with van der Waals surface area (Å²) in [4.78, 5) is 0.710. The predicted molar refractivity (Wildman–Crippen MR) is 87.9 cm³/mol. The normalized spacial score (nSPS) is 32.5. The number of rotatable bonds is 2. The highest BCUT2D eigenvalue weighted by Gasteiger charge is 2.59. The second-order valence-corrected chi connectivity index (χ2v) is 7.27. The molecule has 0 aromatic heterocycles. The molecule has 3 rings (SSSR count). The minimum absolute atomic E-state index is 0.233. The topological polar surface area (TPSA) is 24.4 Å². The van der Waals surface area contributed by atoms with E-state index in [1.165, 1.54) is 18.6 Å². The first-order valence-electron chi connectivity index (χ1n) is 7.37. The minimum Gasteiger partial charge on any atom is -0.267 e. The Bertz CT molecular complexity index is 562. The van der Waals surface area contributed by atoms with Crippen molar-refractivity contribution in [1.82, 2.24) is 5.43 Å². The standard InChI is InChI=1S/C17H22N2S/c1-16(2)13-9-10-17(16,3)14(11-13)18-19-15(20)12-7-5-4-6-8-12/h4-8,13H,9-11H2,1-3H3,(H,19,20). The number of fused-ring (bicyclic) bond motifs is 2. The molecule has 0 aliphatic heterocycles. The van der Waals surface area contributed by atoms with E-state index in [1.54, 1.807) is 0 Å². The van der Waals surface area contributed by atoms with Gasteiger partial charge in [0.2, 0.25) is 0 Å². The fraction of sp³-hybridized carbons (Fsp3) is 0.529. The summed E-state index contributed by atoms with van der Waals surface area (Å²) in [7, 11) is 0. The van der Waals surface area contributed by atoms with Crippen molar-refractivity contribution in [3.63, 3.8) is 0 Å². The number of nitrogens with zero attached hydrogens (tertiary/aromatic N) is 1. The molecule has 2 bridgehead atoms. The van der Waals surface area contributed by atoms with Crippen molar-refractivity contribution in [3.8, 4) is 0 Å². The Balaban J connectivity index is 1.77. The van der Waals surface area contributed by atoms with E-state index in [0.717, 1.165) is 17.9 Å². The van der Waals surface area contributed by atoms with E-state index in [4.69, 9.17) is 12.2 Å². The fourth-order valence-electron chi connectivity index (χ4n) is 3.87. The molecular weight excluding hydrogens is 264 g/mol. The third kappa shape index (κ3) is 1.91. The Morgan fingerprint density at radius 1 is 1.25 bits per heavy atom. The number of hydrazone groups is 1. The Hall–Kier alpha value is -1.22. The van der Waals surface area contributed by atoms with Gasteiger partial charge in [-0.2, -0.15) is 5.10 Å². The first-order valence-corrected chi connectivity index (χ1v) is 7.78. The van der Waals surface area contributed by atoms with Gasteiger partial charge in [-0.25, -0.2) is 0 Å². The number of nitrogens with one attached hydrogen (secondary N) is 1. The molecule has 106 valence electrons. The van der Waals surface area contributed by atoms with Gasteiger partial charge in [0.1, 0.15) is 4.99 Å². The van der Waals surface area contributed by atoms with Crippen LogP contribution in [-0.2, 0) is 0 Å². The van der Waals surface area contributed by atoms with Gasteiger partial charge in [0.15, 0.2) is 0 Å². The van der Waals surface area contributed by atoms with E-state index in [9.17, 15) is 0 Å². The van der Waals surface area contributed by atoms with Gasteiger partial charge in [-0.15, -0.1) is 0 Å². The van der Waals surface area contributed by atoms with Crippen LogP contribution in [0, 0.1) is 16.7 Å². The molecule has 3 heteroatoms. The highest BCUT2D eigenvalue weighted by Crippen LogP contribution is 2.63. The van der Waals surface area contributed by atoms with Crippen LogP contribution in [0.1, 0.15) is 45.6 Å². The van der Waals surface area contributed by atoms with Crippen molar-refractivity contribution < 1.29 is 0 Å². The molecule has 0 radical (unpaired) electrons. The molecule has 2 atom stereocenters. The summed E-state index contributed by atoms with van der Waals surface area (Å²) >= 11 is 5.42. The van der Waals surface area contributed by atoms with Crippen LogP contribution in [-0.4, -0.2) is 10.7 Å². The molecule has 1 aromatic carbocycles. The van der Waals surface area contributed by atoms with Crippen molar-refractivity contribution in [2.24, 2.45) is 21.8 Å². The largest absolute Gasteiger partial charge is 0.267 e. The lowest BCUT2D eigenvalue weighted by Crippen LogP contribution is -2.34. The van der Waals surface area contributed by atoms with Crippen molar-refractivity contribution >= 4 is 22.9 Å². The summed E-state index contributed by atoms with van der Waals surface area (Å²) in [6, 6.07) is 10.0. The third-order valence-corrected chi connectivity index (χ3v) is 6.17. The van der Waals surface area contributed by atoms with E-state index >= 15 is 0 Å². The molecule has 1 N–H and O–H groups in total. The van der Waals surface area contributed by atoms with Crippen molar-refractivity contribution in [2.45, 2.75) is 40.0 Å². The zero-order valence-corrected chi connectivity index (χ0v) is 13.3. The summed E-state index contributed by atoms with van der Waals surface area (Å²) in [5, 5.41) is 4.68. The summed E-state index contributed by atoms with van der Waals surface area (Å²) in [6.45, 7) is 7.15. The van der Waals surface area contributed by atoms with E-state index in [0.29, 0.717) is 10.4 Å². The smallest absolute Gasteiger partial charge is 0.126 e. The highest BCUT2D eigenvalue weighted by atomic mass is 32.1. The number of thiocarbonyl (C=S) groups is 1. The Morgan fingerprint density at radius 3 is 2.50 bits per heavy atom. The Morgan fingerprint density at radius 2 is 1.95 bits per heavy atom. The second-order valence-electron chi connectivity index (χ2n) is 6.86. The van der Waals surface area contributed by atoms with E-state index < -0.39 is 0 Å². The Labute approximate surface area is 126 Å². The molecule has 20 heavy (non-hydrogen) atoms. The minimum atomic E-state index is 0.233. The third-order valence-electron chi connectivity index (χ3n) is 5.84. The maximum Gasteiger partial charge on any atom is 0.126 e. The second kappa shape index (κ2) is 4.66. The van der Waals surface area contributed by atoms with Crippen LogP contribution >= 0.6 is 12.2 Å².